The van der Waals surface area contributed by atoms with Crippen molar-refractivity contribution in [3.8, 4) is 11.5 Å². The highest BCUT2D eigenvalue weighted by atomic mass is 16.5. The molecule has 3 aromatic rings. The van der Waals surface area contributed by atoms with Crippen LogP contribution in [0.4, 0.5) is 17.2 Å². The average molecular weight is 294 g/mol. The third-order valence-electron chi connectivity index (χ3n) is 2.95. The molecule has 0 fully saturated rings. The van der Waals surface area contributed by atoms with Gasteiger partial charge in [0, 0.05) is 6.20 Å². The van der Waals surface area contributed by atoms with Crippen LogP contribution < -0.4 is 21.5 Å². The fourth-order valence-corrected chi connectivity index (χ4v) is 1.97. The molecule has 0 amide bonds. The van der Waals surface area contributed by atoms with Crippen molar-refractivity contribution in [1.29, 1.82) is 0 Å². The summed E-state index contributed by atoms with van der Waals surface area (Å²) in [5.41, 5.74) is 6.75. The third-order valence-corrected chi connectivity index (χ3v) is 2.95. The number of hydrogen-bond acceptors (Lipinski definition) is 5. The summed E-state index contributed by atoms with van der Waals surface area (Å²) < 4.78 is 5.71. The lowest BCUT2D eigenvalue weighted by Gasteiger charge is -2.20. The number of nitrogens with zero attached hydrogens (tertiary/aromatic N) is 1. The number of nitrogens with two attached hydrogens (primary N) is 1. The molecule has 0 saturated carbocycles. The Kier molecular flexibility index (Phi) is 3.74. The van der Waals surface area contributed by atoms with Crippen molar-refractivity contribution < 1.29 is 4.74 Å². The van der Waals surface area contributed by atoms with Crippen LogP contribution in [0.25, 0.3) is 0 Å². The standard InChI is InChI=1S/C12H9NO.C4H5N3O/c1-3-7-11-9(5-1)13-10-6-2-4-8-12(10)14-11;5-3-1-2-6-4(8)7-3/h1-8,13H;1-2H,(H3,5,6,7,8). The number of rotatable bonds is 0. The number of ether oxygens (including phenoxy) is 1. The Hall–Kier alpha value is -3.28. The van der Waals surface area contributed by atoms with E-state index in [0.29, 0.717) is 0 Å². The number of hydrogen-bond donors (Lipinski definition) is 3. The van der Waals surface area contributed by atoms with Crippen LogP contribution >= 0.6 is 0 Å². The summed E-state index contributed by atoms with van der Waals surface area (Å²) in [6.07, 6.45) is 1.45. The molecule has 6 heteroatoms. The van der Waals surface area contributed by atoms with Crippen molar-refractivity contribution in [2.24, 2.45) is 0 Å². The maximum atomic E-state index is 10.2. The zero-order chi connectivity index (χ0) is 15.4. The molecule has 0 radical (unpaired) electrons. The largest absolute Gasteiger partial charge is 0.453 e. The summed E-state index contributed by atoms with van der Waals surface area (Å²) in [6.45, 7) is 0. The summed E-state index contributed by atoms with van der Waals surface area (Å²) in [7, 11) is 0. The lowest BCUT2D eigenvalue weighted by molar-refractivity contribution is 0.481. The van der Waals surface area contributed by atoms with Gasteiger partial charge in [-0.05, 0) is 30.3 Å². The fourth-order valence-electron chi connectivity index (χ4n) is 1.97. The summed E-state index contributed by atoms with van der Waals surface area (Å²) in [5.74, 6) is 2.01. The molecule has 0 aliphatic carbocycles. The number of fused-ring (bicyclic) bond motifs is 2. The molecular formula is C16H14N4O2. The minimum Gasteiger partial charge on any atom is -0.453 e. The molecule has 6 nitrogen and oxygen atoms in total. The second-order valence-corrected chi connectivity index (χ2v) is 4.54. The third kappa shape index (κ3) is 3.06. The molecular weight excluding hydrogens is 280 g/mol. The Morgan fingerprint density at radius 1 is 0.909 bits per heavy atom. The molecule has 0 unspecified atom stereocenters. The number of para-hydroxylation sites is 4. The van der Waals surface area contributed by atoms with Gasteiger partial charge in [-0.15, -0.1) is 0 Å². The van der Waals surface area contributed by atoms with Crippen LogP contribution in [0, 0.1) is 0 Å². The van der Waals surface area contributed by atoms with E-state index >= 15 is 0 Å². The van der Waals surface area contributed by atoms with Crippen molar-refractivity contribution in [2.75, 3.05) is 11.1 Å². The SMILES string of the molecule is Nc1cc[nH]c(=O)n1.c1ccc2c(c1)Nc1ccccc1O2. The summed E-state index contributed by atoms with van der Waals surface area (Å²) >= 11 is 0. The van der Waals surface area contributed by atoms with Gasteiger partial charge in [0.2, 0.25) is 0 Å². The van der Waals surface area contributed by atoms with E-state index in [1.807, 2.05) is 48.5 Å². The van der Waals surface area contributed by atoms with E-state index in [0.717, 1.165) is 22.9 Å². The lowest BCUT2D eigenvalue weighted by Crippen LogP contribution is -2.10. The first kappa shape index (κ1) is 13.7. The van der Waals surface area contributed by atoms with Crippen LogP contribution in [0.2, 0.25) is 0 Å². The van der Waals surface area contributed by atoms with Gasteiger partial charge in [0.1, 0.15) is 5.82 Å². The smallest absolute Gasteiger partial charge is 0.346 e. The zero-order valence-corrected chi connectivity index (χ0v) is 11.6. The van der Waals surface area contributed by atoms with E-state index in [1.165, 1.54) is 12.3 Å². The van der Waals surface area contributed by atoms with Gasteiger partial charge in [-0.1, -0.05) is 24.3 Å². The zero-order valence-electron chi connectivity index (χ0n) is 11.6. The highest BCUT2D eigenvalue weighted by Gasteiger charge is 2.13. The van der Waals surface area contributed by atoms with Gasteiger partial charge in [-0.3, -0.25) is 0 Å². The maximum absolute atomic E-state index is 10.2. The van der Waals surface area contributed by atoms with Crippen molar-refractivity contribution >= 4 is 17.2 Å². The summed E-state index contributed by atoms with van der Waals surface area (Å²) in [6, 6.07) is 17.4. The predicted molar refractivity (Wildman–Crippen MR) is 85.5 cm³/mol. The van der Waals surface area contributed by atoms with Gasteiger partial charge in [0.05, 0.1) is 11.4 Å². The summed E-state index contributed by atoms with van der Waals surface area (Å²) in [5, 5.41) is 3.32. The van der Waals surface area contributed by atoms with E-state index < -0.39 is 5.69 Å². The molecule has 1 aromatic heterocycles. The second-order valence-electron chi connectivity index (χ2n) is 4.54. The first-order valence-corrected chi connectivity index (χ1v) is 6.66. The molecule has 110 valence electrons. The van der Waals surface area contributed by atoms with Crippen LogP contribution in [0.15, 0.2) is 65.6 Å². The molecule has 0 bridgehead atoms. The lowest BCUT2D eigenvalue weighted by atomic mass is 10.2. The van der Waals surface area contributed by atoms with Crippen LogP contribution in [0.1, 0.15) is 0 Å². The van der Waals surface area contributed by atoms with Gasteiger partial charge < -0.3 is 20.8 Å². The Bertz CT molecular complexity index is 758. The van der Waals surface area contributed by atoms with Crippen LogP contribution in [0.5, 0.6) is 11.5 Å². The van der Waals surface area contributed by atoms with Gasteiger partial charge in [-0.25, -0.2) is 4.79 Å². The fraction of sp³-hybridized carbons (Fsp3) is 0. The highest BCUT2D eigenvalue weighted by molar-refractivity contribution is 5.75. The molecule has 1 aliphatic heterocycles. The normalized spacial score (nSPS) is 10.9. The van der Waals surface area contributed by atoms with E-state index in [4.69, 9.17) is 10.5 Å². The number of aromatic nitrogens is 2. The Balaban J connectivity index is 0.000000154. The van der Waals surface area contributed by atoms with E-state index in [9.17, 15) is 4.79 Å². The van der Waals surface area contributed by atoms with Crippen molar-refractivity contribution in [3.63, 3.8) is 0 Å². The van der Waals surface area contributed by atoms with Gasteiger partial charge in [-0.2, -0.15) is 4.98 Å². The Morgan fingerprint density at radius 3 is 2.00 bits per heavy atom. The first-order chi connectivity index (χ1) is 10.7. The van der Waals surface area contributed by atoms with Crippen molar-refractivity contribution in [3.05, 3.63) is 71.3 Å². The topological polar surface area (TPSA) is 93.0 Å². The molecule has 4 N–H and O–H groups in total. The van der Waals surface area contributed by atoms with Gasteiger partial charge in [0.15, 0.2) is 11.5 Å². The molecule has 0 saturated heterocycles. The monoisotopic (exact) mass is 294 g/mol. The predicted octanol–water partition coefficient (Wildman–Crippen LogP) is 2.89. The second kappa shape index (κ2) is 6.01. The minimum atomic E-state index is -0.412. The Morgan fingerprint density at radius 2 is 1.50 bits per heavy atom. The average Bonchev–Trinajstić information content (AvgIpc) is 2.53. The number of aromatic amines is 1. The minimum absolute atomic E-state index is 0.244. The van der Waals surface area contributed by atoms with E-state index in [-0.39, 0.29) is 5.82 Å². The summed E-state index contributed by atoms with van der Waals surface area (Å²) in [4.78, 5) is 15.9. The van der Waals surface area contributed by atoms with E-state index in [1.54, 1.807) is 0 Å². The molecule has 0 spiro atoms. The quantitative estimate of drug-likeness (QED) is 0.463. The number of nitrogens with one attached hydrogen (secondary N) is 2. The highest BCUT2D eigenvalue weighted by Crippen LogP contribution is 2.40. The van der Waals surface area contributed by atoms with Crippen LogP contribution in [-0.2, 0) is 0 Å². The number of benzene rings is 2. The molecule has 0 atom stereocenters. The number of anilines is 3. The molecule has 4 rings (SSSR count). The van der Waals surface area contributed by atoms with Crippen molar-refractivity contribution in [2.45, 2.75) is 0 Å². The number of nitrogen functional groups attached to an aromatic ring is 1. The van der Waals surface area contributed by atoms with Crippen LogP contribution in [-0.4, -0.2) is 9.97 Å². The van der Waals surface area contributed by atoms with Gasteiger partial charge >= 0.3 is 5.69 Å². The molecule has 2 heterocycles. The molecule has 2 aromatic carbocycles. The van der Waals surface area contributed by atoms with E-state index in [2.05, 4.69) is 15.3 Å². The number of H-pyrrole nitrogens is 1. The van der Waals surface area contributed by atoms with Crippen molar-refractivity contribution in [1.82, 2.24) is 9.97 Å². The molecule has 22 heavy (non-hydrogen) atoms. The maximum Gasteiger partial charge on any atom is 0.346 e. The molecule has 1 aliphatic rings. The Labute approximate surface area is 126 Å². The van der Waals surface area contributed by atoms with Gasteiger partial charge in [0.25, 0.3) is 0 Å². The van der Waals surface area contributed by atoms with Crippen LogP contribution in [0.3, 0.4) is 0 Å². The first-order valence-electron chi connectivity index (χ1n) is 6.66.